The Morgan fingerprint density at radius 1 is 1.50 bits per heavy atom. The summed E-state index contributed by atoms with van der Waals surface area (Å²) in [5.74, 6) is 0.567. The van der Waals surface area contributed by atoms with Gasteiger partial charge in [0, 0.05) is 15.5 Å². The fourth-order valence-electron chi connectivity index (χ4n) is 1.36. The number of fused-ring (bicyclic) bond motifs is 1. The number of carbonyl (C=O) groups excluding carboxylic acids is 1. The quantitative estimate of drug-likeness (QED) is 0.769. The summed E-state index contributed by atoms with van der Waals surface area (Å²) in [6, 6.07) is 3.59. The maximum absolute atomic E-state index is 10.7. The van der Waals surface area contributed by atoms with Gasteiger partial charge in [-0.15, -0.1) is 11.3 Å². The Hall–Kier alpha value is -1.55. The maximum atomic E-state index is 10.7. The van der Waals surface area contributed by atoms with Gasteiger partial charge in [0.2, 0.25) is 0 Å². The predicted molar refractivity (Wildman–Crippen MR) is 58.2 cm³/mol. The molecule has 72 valence electrons. The number of ether oxygens (including phenoxy) is 1. The smallest absolute Gasteiger partial charge is 0.153 e. The average molecular weight is 207 g/mol. The van der Waals surface area contributed by atoms with Crippen molar-refractivity contribution >= 4 is 33.4 Å². The fraction of sp³-hybridized carbons (Fsp3) is 0.100. The molecule has 0 saturated carbocycles. The van der Waals surface area contributed by atoms with Gasteiger partial charge in [0.15, 0.2) is 6.29 Å². The summed E-state index contributed by atoms with van der Waals surface area (Å²) < 4.78 is 6.09. The third-order valence-electron chi connectivity index (χ3n) is 2.08. The van der Waals surface area contributed by atoms with Crippen molar-refractivity contribution in [3.05, 3.63) is 23.1 Å². The summed E-state index contributed by atoms with van der Waals surface area (Å²) >= 11 is 1.52. The van der Waals surface area contributed by atoms with Crippen LogP contribution < -0.4 is 10.5 Å². The van der Waals surface area contributed by atoms with Crippen LogP contribution in [0.5, 0.6) is 5.75 Å². The Labute approximate surface area is 85.1 Å². The number of thiophene rings is 1. The predicted octanol–water partition coefficient (Wildman–Crippen LogP) is 2.30. The number of hydrogen-bond acceptors (Lipinski definition) is 4. The third kappa shape index (κ3) is 1.24. The van der Waals surface area contributed by atoms with E-state index in [9.17, 15) is 4.79 Å². The first kappa shape index (κ1) is 9.02. The standard InChI is InChI=1S/C10H9NO2S/c1-13-9-3-7-8(11)5-14-10(7)2-6(9)4-12/h2-5H,11H2,1H3. The molecule has 0 saturated heterocycles. The highest BCUT2D eigenvalue weighted by Crippen LogP contribution is 2.33. The topological polar surface area (TPSA) is 52.3 Å². The first-order valence-corrected chi connectivity index (χ1v) is 4.94. The zero-order valence-corrected chi connectivity index (χ0v) is 8.43. The molecule has 0 spiro atoms. The van der Waals surface area contributed by atoms with Crippen LogP contribution in [0.3, 0.4) is 0 Å². The highest BCUT2D eigenvalue weighted by molar-refractivity contribution is 7.17. The van der Waals surface area contributed by atoms with Gasteiger partial charge in [-0.1, -0.05) is 0 Å². The Kier molecular flexibility index (Phi) is 2.13. The number of hydrogen-bond donors (Lipinski definition) is 1. The van der Waals surface area contributed by atoms with Crippen molar-refractivity contribution in [2.45, 2.75) is 0 Å². The largest absolute Gasteiger partial charge is 0.496 e. The van der Waals surface area contributed by atoms with Crippen molar-refractivity contribution in [3.8, 4) is 5.75 Å². The molecule has 0 amide bonds. The van der Waals surface area contributed by atoms with Crippen molar-refractivity contribution < 1.29 is 9.53 Å². The molecule has 1 aromatic carbocycles. The van der Waals surface area contributed by atoms with Crippen LogP contribution in [0.2, 0.25) is 0 Å². The zero-order chi connectivity index (χ0) is 10.1. The van der Waals surface area contributed by atoms with Crippen LogP contribution in [-0.4, -0.2) is 13.4 Å². The molecule has 0 aliphatic carbocycles. The maximum Gasteiger partial charge on any atom is 0.153 e. The number of aldehydes is 1. The van der Waals surface area contributed by atoms with Gasteiger partial charge in [-0.3, -0.25) is 4.79 Å². The van der Waals surface area contributed by atoms with E-state index < -0.39 is 0 Å². The van der Waals surface area contributed by atoms with E-state index in [-0.39, 0.29) is 0 Å². The minimum absolute atomic E-state index is 0.557. The summed E-state index contributed by atoms with van der Waals surface area (Å²) in [7, 11) is 1.54. The molecule has 1 heterocycles. The van der Waals surface area contributed by atoms with Gasteiger partial charge in [-0.25, -0.2) is 0 Å². The monoisotopic (exact) mass is 207 g/mol. The van der Waals surface area contributed by atoms with Gasteiger partial charge in [0.25, 0.3) is 0 Å². The molecule has 0 aliphatic rings. The van der Waals surface area contributed by atoms with Crippen LogP contribution in [0.25, 0.3) is 10.1 Å². The van der Waals surface area contributed by atoms with Gasteiger partial charge in [-0.2, -0.15) is 0 Å². The molecule has 2 rings (SSSR count). The number of nitrogens with two attached hydrogens (primary N) is 1. The third-order valence-corrected chi connectivity index (χ3v) is 3.05. The van der Waals surface area contributed by atoms with E-state index in [1.54, 1.807) is 12.1 Å². The summed E-state index contributed by atoms with van der Waals surface area (Å²) in [5.41, 5.74) is 7.04. The van der Waals surface area contributed by atoms with Crippen LogP contribution in [0.1, 0.15) is 10.4 Å². The molecular weight excluding hydrogens is 198 g/mol. The highest BCUT2D eigenvalue weighted by atomic mass is 32.1. The molecule has 0 radical (unpaired) electrons. The van der Waals surface area contributed by atoms with Crippen molar-refractivity contribution in [2.24, 2.45) is 0 Å². The Balaban J connectivity index is 2.77. The number of rotatable bonds is 2. The average Bonchev–Trinajstić information content (AvgIpc) is 2.58. The van der Waals surface area contributed by atoms with E-state index in [0.717, 1.165) is 22.1 Å². The molecule has 0 atom stereocenters. The van der Waals surface area contributed by atoms with Crippen LogP contribution in [-0.2, 0) is 0 Å². The molecule has 0 bridgehead atoms. The van der Waals surface area contributed by atoms with Crippen LogP contribution in [0, 0.1) is 0 Å². The summed E-state index contributed by atoms with van der Waals surface area (Å²) in [6.07, 6.45) is 0.786. The molecule has 2 N–H and O–H groups in total. The zero-order valence-electron chi connectivity index (χ0n) is 7.61. The Bertz CT molecular complexity index is 490. The lowest BCUT2D eigenvalue weighted by Crippen LogP contribution is -1.90. The van der Waals surface area contributed by atoms with Crippen molar-refractivity contribution in [1.29, 1.82) is 0 Å². The Morgan fingerprint density at radius 3 is 2.93 bits per heavy atom. The van der Waals surface area contributed by atoms with Crippen molar-refractivity contribution in [3.63, 3.8) is 0 Å². The normalized spacial score (nSPS) is 10.4. The second kappa shape index (κ2) is 3.31. The van der Waals surface area contributed by atoms with Crippen LogP contribution in [0.15, 0.2) is 17.5 Å². The number of benzene rings is 1. The molecule has 14 heavy (non-hydrogen) atoms. The van der Waals surface area contributed by atoms with Crippen molar-refractivity contribution in [2.75, 3.05) is 12.8 Å². The molecule has 4 heteroatoms. The second-order valence-electron chi connectivity index (χ2n) is 2.90. The number of nitrogen functional groups attached to an aromatic ring is 1. The first-order chi connectivity index (χ1) is 6.76. The fourth-order valence-corrected chi connectivity index (χ4v) is 2.24. The molecule has 3 nitrogen and oxygen atoms in total. The summed E-state index contributed by atoms with van der Waals surface area (Å²) in [5, 5.41) is 2.80. The van der Waals surface area contributed by atoms with Crippen LogP contribution >= 0.6 is 11.3 Å². The SMILES string of the molecule is COc1cc2c(N)csc2cc1C=O. The highest BCUT2D eigenvalue weighted by Gasteiger charge is 2.07. The number of carbonyl (C=O) groups is 1. The molecular formula is C10H9NO2S. The molecule has 0 fully saturated rings. The van der Waals surface area contributed by atoms with Crippen molar-refractivity contribution in [1.82, 2.24) is 0 Å². The van der Waals surface area contributed by atoms with Gasteiger partial charge in [-0.05, 0) is 12.1 Å². The number of methoxy groups -OCH3 is 1. The minimum atomic E-state index is 0.557. The lowest BCUT2D eigenvalue weighted by molar-refractivity contribution is 0.112. The summed E-state index contributed by atoms with van der Waals surface area (Å²) in [6.45, 7) is 0. The van der Waals surface area contributed by atoms with Gasteiger partial charge >= 0.3 is 0 Å². The molecule has 0 unspecified atom stereocenters. The van der Waals surface area contributed by atoms with E-state index >= 15 is 0 Å². The van der Waals surface area contributed by atoms with Crippen LogP contribution in [0.4, 0.5) is 5.69 Å². The Morgan fingerprint density at radius 2 is 2.29 bits per heavy atom. The van der Waals surface area contributed by atoms with E-state index in [2.05, 4.69) is 0 Å². The van der Waals surface area contributed by atoms with Gasteiger partial charge in [0.1, 0.15) is 5.75 Å². The lowest BCUT2D eigenvalue weighted by atomic mass is 10.1. The van der Waals surface area contributed by atoms with Gasteiger partial charge < -0.3 is 10.5 Å². The summed E-state index contributed by atoms with van der Waals surface area (Å²) in [4.78, 5) is 10.7. The molecule has 0 aliphatic heterocycles. The number of anilines is 1. The molecule has 1 aromatic heterocycles. The van der Waals surface area contributed by atoms with E-state index in [0.29, 0.717) is 11.3 Å². The molecule has 2 aromatic rings. The van der Waals surface area contributed by atoms with E-state index in [4.69, 9.17) is 10.5 Å². The second-order valence-corrected chi connectivity index (χ2v) is 3.81. The van der Waals surface area contributed by atoms with Gasteiger partial charge in [0.05, 0.1) is 18.4 Å². The minimum Gasteiger partial charge on any atom is -0.496 e. The lowest BCUT2D eigenvalue weighted by Gasteiger charge is -2.03. The van der Waals surface area contributed by atoms with E-state index in [1.807, 2.05) is 5.38 Å². The van der Waals surface area contributed by atoms with E-state index in [1.165, 1.54) is 18.4 Å². The first-order valence-electron chi connectivity index (χ1n) is 4.06.